The molecule has 4 nitrogen and oxygen atoms in total. The summed E-state index contributed by atoms with van der Waals surface area (Å²) in [5, 5.41) is 22.5. The largest absolute Gasteiger partial charge is 0.507 e. The van der Waals surface area contributed by atoms with Crippen molar-refractivity contribution in [3.63, 3.8) is 0 Å². The van der Waals surface area contributed by atoms with Gasteiger partial charge in [0, 0.05) is 22.1 Å². The summed E-state index contributed by atoms with van der Waals surface area (Å²) in [6.45, 7) is 0. The maximum absolute atomic E-state index is 10.3. The lowest BCUT2D eigenvalue weighted by Gasteiger charge is -2.12. The van der Waals surface area contributed by atoms with E-state index in [1.807, 2.05) is 0 Å². The van der Waals surface area contributed by atoms with Gasteiger partial charge in [0.15, 0.2) is 0 Å². The Balaban J connectivity index is 2.72. The van der Waals surface area contributed by atoms with E-state index in [2.05, 4.69) is 0 Å². The van der Waals surface area contributed by atoms with Crippen LogP contribution in [0, 0.1) is 0 Å². The Labute approximate surface area is 103 Å². The van der Waals surface area contributed by atoms with Crippen LogP contribution < -0.4 is 11.5 Å². The smallest absolute Gasteiger partial charge is 0.133 e. The molecule has 90 valence electrons. The van der Waals surface area contributed by atoms with Gasteiger partial charge in [-0.15, -0.1) is 0 Å². The molecule has 0 saturated carbocycles. The fourth-order valence-corrected chi connectivity index (χ4v) is 2.31. The number of phenols is 2. The molecule has 0 heterocycles. The van der Waals surface area contributed by atoms with Gasteiger partial charge in [-0.05, 0) is 12.1 Å². The van der Waals surface area contributed by atoms with Crippen LogP contribution >= 0.6 is 0 Å². The van der Waals surface area contributed by atoms with Crippen LogP contribution in [0.1, 0.15) is 0 Å². The van der Waals surface area contributed by atoms with E-state index in [-0.39, 0.29) is 11.5 Å². The van der Waals surface area contributed by atoms with Gasteiger partial charge in [0.2, 0.25) is 0 Å². The number of hydrogen-bond donors (Lipinski definition) is 4. The number of nitrogens with two attached hydrogens (primary N) is 2. The fraction of sp³-hybridized carbons (Fsp3) is 0. The van der Waals surface area contributed by atoms with Crippen LogP contribution in [0.5, 0.6) is 11.5 Å². The number of hydrogen-bond acceptors (Lipinski definition) is 4. The van der Waals surface area contributed by atoms with Crippen LogP contribution in [0.3, 0.4) is 0 Å². The Morgan fingerprint density at radius 1 is 0.667 bits per heavy atom. The summed E-state index contributed by atoms with van der Waals surface area (Å²) in [6, 6.07) is 10.3. The Morgan fingerprint density at radius 3 is 1.44 bits per heavy atom. The van der Waals surface area contributed by atoms with E-state index in [1.54, 1.807) is 36.4 Å². The molecular formula is C14H12N2O2. The summed E-state index contributed by atoms with van der Waals surface area (Å²) in [5.41, 5.74) is 12.5. The number of benzene rings is 3. The molecule has 0 spiro atoms. The first kappa shape index (κ1) is 10.5. The maximum atomic E-state index is 10.3. The third-order valence-corrected chi connectivity index (χ3v) is 3.18. The highest BCUT2D eigenvalue weighted by atomic mass is 16.3. The van der Waals surface area contributed by atoms with Crippen LogP contribution in [0.4, 0.5) is 11.4 Å². The third-order valence-electron chi connectivity index (χ3n) is 3.18. The molecule has 0 fully saturated rings. The molecule has 6 N–H and O–H groups in total. The van der Waals surface area contributed by atoms with Gasteiger partial charge >= 0.3 is 0 Å². The van der Waals surface area contributed by atoms with E-state index in [4.69, 9.17) is 11.5 Å². The maximum Gasteiger partial charge on any atom is 0.133 e. The van der Waals surface area contributed by atoms with E-state index in [1.165, 1.54) is 0 Å². The highest BCUT2D eigenvalue weighted by Crippen LogP contribution is 2.45. The minimum absolute atomic E-state index is 0.0446. The van der Waals surface area contributed by atoms with Gasteiger partial charge in [-0.2, -0.15) is 0 Å². The van der Waals surface area contributed by atoms with Gasteiger partial charge in [0.25, 0.3) is 0 Å². The lowest BCUT2D eigenvalue weighted by atomic mass is 9.98. The van der Waals surface area contributed by atoms with Crippen molar-refractivity contribution in [1.29, 1.82) is 0 Å². The molecule has 3 aromatic carbocycles. The van der Waals surface area contributed by atoms with E-state index >= 15 is 0 Å². The van der Waals surface area contributed by atoms with Crippen molar-refractivity contribution in [2.75, 3.05) is 11.5 Å². The number of rotatable bonds is 0. The van der Waals surface area contributed by atoms with Crippen molar-refractivity contribution in [2.45, 2.75) is 0 Å². The monoisotopic (exact) mass is 240 g/mol. The van der Waals surface area contributed by atoms with Crippen LogP contribution in [0.2, 0.25) is 0 Å². The standard InChI is InChI=1S/C14H12N2O2/c15-9-5-6-10(16)12-11(9)13(17)7-3-1-2-4-8(7)14(12)18/h1-6,17-18H,15-16H2. The quantitative estimate of drug-likeness (QED) is 0.276. The SMILES string of the molecule is Nc1ccc(N)c2c(O)c3ccccc3c(O)c12. The normalized spacial score (nSPS) is 11.1. The number of nitrogen functional groups attached to an aromatic ring is 2. The van der Waals surface area contributed by atoms with E-state index in [9.17, 15) is 10.2 Å². The zero-order valence-corrected chi connectivity index (χ0v) is 9.51. The minimum Gasteiger partial charge on any atom is -0.507 e. The molecule has 0 aromatic heterocycles. The van der Waals surface area contributed by atoms with Crippen molar-refractivity contribution in [3.8, 4) is 11.5 Å². The summed E-state index contributed by atoms with van der Waals surface area (Å²) >= 11 is 0. The average Bonchev–Trinajstić information content (AvgIpc) is 2.38. The lowest BCUT2D eigenvalue weighted by molar-refractivity contribution is 0.479. The Morgan fingerprint density at radius 2 is 1.06 bits per heavy atom. The average molecular weight is 240 g/mol. The van der Waals surface area contributed by atoms with Gasteiger partial charge in [0.1, 0.15) is 11.5 Å². The number of fused-ring (bicyclic) bond motifs is 2. The second-order valence-electron chi connectivity index (χ2n) is 4.24. The summed E-state index contributed by atoms with van der Waals surface area (Å²) in [4.78, 5) is 0. The van der Waals surface area contributed by atoms with E-state index in [0.29, 0.717) is 32.9 Å². The van der Waals surface area contributed by atoms with Crippen LogP contribution in [-0.4, -0.2) is 10.2 Å². The van der Waals surface area contributed by atoms with Gasteiger partial charge in [-0.3, -0.25) is 0 Å². The van der Waals surface area contributed by atoms with E-state index < -0.39 is 0 Å². The number of aromatic hydroxyl groups is 2. The van der Waals surface area contributed by atoms with Crippen molar-refractivity contribution in [3.05, 3.63) is 36.4 Å². The molecule has 0 saturated heterocycles. The fourth-order valence-electron chi connectivity index (χ4n) is 2.31. The Bertz CT molecular complexity index is 716. The molecule has 0 aliphatic heterocycles. The second kappa shape index (κ2) is 3.43. The molecule has 0 radical (unpaired) electrons. The molecular weight excluding hydrogens is 228 g/mol. The first-order chi connectivity index (χ1) is 8.61. The Hall–Kier alpha value is -2.62. The predicted octanol–water partition coefficient (Wildman–Crippen LogP) is 2.57. The first-order valence-electron chi connectivity index (χ1n) is 5.51. The van der Waals surface area contributed by atoms with Crippen molar-refractivity contribution < 1.29 is 10.2 Å². The molecule has 0 aliphatic rings. The van der Waals surface area contributed by atoms with Crippen LogP contribution in [0.25, 0.3) is 21.5 Å². The van der Waals surface area contributed by atoms with Gasteiger partial charge in [-0.25, -0.2) is 0 Å². The molecule has 0 amide bonds. The molecule has 3 rings (SSSR count). The predicted molar refractivity (Wildman–Crippen MR) is 73.6 cm³/mol. The molecule has 0 bridgehead atoms. The van der Waals surface area contributed by atoms with Crippen molar-refractivity contribution in [2.24, 2.45) is 0 Å². The van der Waals surface area contributed by atoms with Crippen LogP contribution in [-0.2, 0) is 0 Å². The highest BCUT2D eigenvalue weighted by molar-refractivity contribution is 6.17. The van der Waals surface area contributed by atoms with Gasteiger partial charge in [-0.1, -0.05) is 24.3 Å². The summed E-state index contributed by atoms with van der Waals surface area (Å²) in [5.74, 6) is 0.0893. The zero-order chi connectivity index (χ0) is 12.9. The van der Waals surface area contributed by atoms with Crippen molar-refractivity contribution in [1.82, 2.24) is 0 Å². The summed E-state index contributed by atoms with van der Waals surface area (Å²) < 4.78 is 0. The third kappa shape index (κ3) is 1.20. The Kier molecular flexibility index (Phi) is 2.01. The molecule has 4 heteroatoms. The topological polar surface area (TPSA) is 92.5 Å². The molecule has 0 aliphatic carbocycles. The van der Waals surface area contributed by atoms with Gasteiger partial charge < -0.3 is 21.7 Å². The summed E-state index contributed by atoms with van der Waals surface area (Å²) in [7, 11) is 0. The molecule has 0 atom stereocenters. The zero-order valence-electron chi connectivity index (χ0n) is 9.51. The van der Waals surface area contributed by atoms with Crippen molar-refractivity contribution >= 4 is 32.9 Å². The number of anilines is 2. The molecule has 18 heavy (non-hydrogen) atoms. The first-order valence-corrected chi connectivity index (χ1v) is 5.51. The molecule has 0 unspecified atom stereocenters. The second-order valence-corrected chi connectivity index (χ2v) is 4.24. The summed E-state index contributed by atoms with van der Waals surface area (Å²) in [6.07, 6.45) is 0. The number of phenolic OH excluding ortho intramolecular Hbond substituents is 2. The molecule has 3 aromatic rings. The lowest BCUT2D eigenvalue weighted by Crippen LogP contribution is -1.93. The highest BCUT2D eigenvalue weighted by Gasteiger charge is 2.16. The minimum atomic E-state index is 0.0446. The van der Waals surface area contributed by atoms with E-state index in [0.717, 1.165) is 0 Å². The van der Waals surface area contributed by atoms with Crippen LogP contribution in [0.15, 0.2) is 36.4 Å². The van der Waals surface area contributed by atoms with Gasteiger partial charge in [0.05, 0.1) is 10.8 Å².